The molecule has 1 saturated carbocycles. The Labute approximate surface area is 295 Å². The number of hydrogen-bond acceptors (Lipinski definition) is 11. The Morgan fingerprint density at radius 2 is 1.35 bits per heavy atom. The van der Waals surface area contributed by atoms with E-state index >= 15 is 0 Å². The summed E-state index contributed by atoms with van der Waals surface area (Å²) >= 11 is 25.1. The van der Waals surface area contributed by atoms with E-state index in [1.807, 2.05) is 0 Å². The maximum Gasteiger partial charge on any atom is 0.343 e. The number of fused-ring (bicyclic) bond motifs is 2. The molecule has 1 fully saturated rings. The molecule has 0 radical (unpaired) electrons. The lowest BCUT2D eigenvalue weighted by atomic mass is 9.50. The fourth-order valence-corrected chi connectivity index (χ4v) is 7.61. The van der Waals surface area contributed by atoms with Crippen LogP contribution in [0.3, 0.4) is 0 Å². The molecule has 15 heteroatoms. The van der Waals surface area contributed by atoms with Crippen molar-refractivity contribution in [3.8, 4) is 0 Å². The van der Waals surface area contributed by atoms with Crippen LogP contribution in [0, 0.1) is 29.6 Å². The van der Waals surface area contributed by atoms with Gasteiger partial charge in [-0.2, -0.15) is 0 Å². The van der Waals surface area contributed by atoms with Gasteiger partial charge in [0.05, 0.1) is 56.4 Å². The van der Waals surface area contributed by atoms with Crippen LogP contribution >= 0.6 is 46.4 Å². The smallest absolute Gasteiger partial charge is 0.343 e. The fourth-order valence-electron chi connectivity index (χ4n) is 6.64. The molecule has 0 aromatic heterocycles. The lowest BCUT2D eigenvalue weighted by Crippen LogP contribution is -2.68. The Balaban J connectivity index is 2.05. The Morgan fingerprint density at radius 3 is 1.90 bits per heavy atom. The van der Waals surface area contributed by atoms with Crippen molar-refractivity contribution in [2.75, 3.05) is 28.4 Å². The average molecular weight is 744 g/mol. The van der Waals surface area contributed by atoms with Crippen molar-refractivity contribution < 1.29 is 52.8 Å². The van der Waals surface area contributed by atoms with E-state index in [4.69, 9.17) is 70.1 Å². The largest absolute Gasteiger partial charge is 0.469 e. The van der Waals surface area contributed by atoms with Gasteiger partial charge >= 0.3 is 29.8 Å². The van der Waals surface area contributed by atoms with Crippen molar-refractivity contribution in [2.24, 2.45) is 29.6 Å². The highest BCUT2D eigenvalue weighted by molar-refractivity contribution is 6.39. The molecule has 11 nitrogen and oxygen atoms in total. The molecule has 48 heavy (non-hydrogen) atoms. The summed E-state index contributed by atoms with van der Waals surface area (Å²) in [5, 5.41) is 13.3. The molecule has 1 N–H and O–H groups in total. The molecule has 2 bridgehead atoms. The highest BCUT2D eigenvalue weighted by Gasteiger charge is 2.71. The Morgan fingerprint density at radius 1 is 0.792 bits per heavy atom. The van der Waals surface area contributed by atoms with Gasteiger partial charge in [0.15, 0.2) is 0 Å². The molecule has 0 saturated heterocycles. The van der Waals surface area contributed by atoms with Crippen LogP contribution in [0.4, 0.5) is 0 Å². The molecule has 256 valence electrons. The fraction of sp³-hybridized carbons (Fsp3) is 0.364. The van der Waals surface area contributed by atoms with Gasteiger partial charge in [-0.25, -0.2) is 9.59 Å². The molecular weight excluding hydrogens is 714 g/mol. The molecule has 2 aromatic carbocycles. The molecule has 0 heterocycles. The molecule has 0 spiro atoms. The molecule has 2 aliphatic rings. The van der Waals surface area contributed by atoms with Gasteiger partial charge in [-0.3, -0.25) is 14.4 Å². The summed E-state index contributed by atoms with van der Waals surface area (Å²) in [4.78, 5) is 68.2. The van der Waals surface area contributed by atoms with Crippen LogP contribution < -0.4 is 0 Å². The van der Waals surface area contributed by atoms with Gasteiger partial charge in [-0.05, 0) is 48.2 Å². The standard InChI is InChI=1S/C33H30Cl4O11/c1-14-10-20-23(29(39)44-2)27(26(32(42)47-5)33(43,24(14)30(40)45-3)25(20)31(41)46-4)48-28(38)19(18-9-8-17(35)13-22(18)37)11-15-6-7-16(34)12-21(15)36/h6-9,11-14,20,24-26,43H,10H2,1-5H3/b19-11+. The first-order chi connectivity index (χ1) is 22.6. The first-order valence-electron chi connectivity index (χ1n) is 14.3. The van der Waals surface area contributed by atoms with Gasteiger partial charge in [-0.1, -0.05) is 65.5 Å². The molecule has 2 aromatic rings. The van der Waals surface area contributed by atoms with Gasteiger partial charge in [0.25, 0.3) is 0 Å². The van der Waals surface area contributed by atoms with Crippen LogP contribution in [0.2, 0.25) is 20.1 Å². The second-order valence-corrected chi connectivity index (χ2v) is 12.9. The summed E-state index contributed by atoms with van der Waals surface area (Å²) < 4.78 is 25.9. The first kappa shape index (κ1) is 37.2. The maximum atomic E-state index is 14.3. The summed E-state index contributed by atoms with van der Waals surface area (Å²) in [6.45, 7) is 1.58. The summed E-state index contributed by atoms with van der Waals surface area (Å²) in [5.74, 6) is -13.6. The van der Waals surface area contributed by atoms with E-state index in [0.29, 0.717) is 10.6 Å². The lowest BCUT2D eigenvalue weighted by molar-refractivity contribution is -0.212. The van der Waals surface area contributed by atoms with Crippen molar-refractivity contribution in [3.05, 3.63) is 78.9 Å². The zero-order valence-corrected chi connectivity index (χ0v) is 29.2. The molecule has 0 amide bonds. The molecule has 6 unspecified atom stereocenters. The van der Waals surface area contributed by atoms with Gasteiger partial charge in [0, 0.05) is 26.5 Å². The number of hydrogen-bond donors (Lipinski definition) is 1. The third-order valence-corrected chi connectivity index (χ3v) is 9.72. The second-order valence-electron chi connectivity index (χ2n) is 11.2. The number of rotatable bonds is 8. The SMILES string of the molecule is COC(=O)C1=C(OC(=O)/C(=C/c2ccc(Cl)cc2Cl)c2ccc(Cl)cc2Cl)C(C(=O)OC)C2(O)C(C(=O)OC)C(C)CC1C2C(=O)OC. The molecule has 6 atom stereocenters. The van der Waals surface area contributed by atoms with Gasteiger partial charge in [-0.15, -0.1) is 0 Å². The first-order valence-corrected chi connectivity index (χ1v) is 15.8. The Bertz CT molecular complexity index is 1740. The van der Waals surface area contributed by atoms with Crippen LogP contribution in [0.5, 0.6) is 0 Å². The van der Waals surface area contributed by atoms with Gasteiger partial charge in [0.2, 0.25) is 0 Å². The number of carbonyl (C=O) groups is 5. The number of aliphatic hydroxyl groups is 1. The molecule has 4 rings (SSSR count). The molecular formula is C33H30Cl4O11. The minimum atomic E-state index is -2.68. The van der Waals surface area contributed by atoms with Crippen molar-refractivity contribution in [3.63, 3.8) is 0 Å². The Kier molecular flexibility index (Phi) is 11.5. The molecule has 0 aliphatic heterocycles. The van der Waals surface area contributed by atoms with Crippen LogP contribution in [0.1, 0.15) is 24.5 Å². The highest BCUT2D eigenvalue weighted by atomic mass is 35.5. The predicted molar refractivity (Wildman–Crippen MR) is 175 cm³/mol. The van der Waals surface area contributed by atoms with E-state index in [-0.39, 0.29) is 32.6 Å². The molecule has 2 aliphatic carbocycles. The highest BCUT2D eigenvalue weighted by Crippen LogP contribution is 2.58. The number of methoxy groups -OCH3 is 4. The van der Waals surface area contributed by atoms with Crippen LogP contribution in [-0.2, 0) is 47.7 Å². The minimum Gasteiger partial charge on any atom is -0.469 e. The van der Waals surface area contributed by atoms with Gasteiger partial charge in [0.1, 0.15) is 17.3 Å². The minimum absolute atomic E-state index is 0.0203. The quantitative estimate of drug-likeness (QED) is 0.156. The predicted octanol–water partition coefficient (Wildman–Crippen LogP) is 5.58. The zero-order chi connectivity index (χ0) is 35.7. The summed E-state index contributed by atoms with van der Waals surface area (Å²) in [5.41, 5.74) is -2.91. The van der Waals surface area contributed by atoms with Crippen LogP contribution in [0.25, 0.3) is 11.6 Å². The zero-order valence-electron chi connectivity index (χ0n) is 26.2. The van der Waals surface area contributed by atoms with E-state index in [9.17, 15) is 29.1 Å². The van der Waals surface area contributed by atoms with Crippen molar-refractivity contribution in [1.29, 1.82) is 0 Å². The summed E-state index contributed by atoms with van der Waals surface area (Å²) in [7, 11) is 4.12. The van der Waals surface area contributed by atoms with E-state index in [2.05, 4.69) is 0 Å². The van der Waals surface area contributed by atoms with Crippen molar-refractivity contribution in [2.45, 2.75) is 18.9 Å². The van der Waals surface area contributed by atoms with Crippen molar-refractivity contribution in [1.82, 2.24) is 0 Å². The van der Waals surface area contributed by atoms with E-state index in [0.717, 1.165) is 28.4 Å². The van der Waals surface area contributed by atoms with E-state index < -0.39 is 76.4 Å². The number of carbonyl (C=O) groups excluding carboxylic acids is 5. The monoisotopic (exact) mass is 742 g/mol. The maximum absolute atomic E-state index is 14.3. The normalized spacial score (nSPS) is 25.1. The number of ether oxygens (including phenoxy) is 5. The van der Waals surface area contributed by atoms with Gasteiger partial charge < -0.3 is 28.8 Å². The van der Waals surface area contributed by atoms with Crippen molar-refractivity contribution >= 4 is 87.9 Å². The van der Waals surface area contributed by atoms with Crippen LogP contribution in [-0.4, -0.2) is 69.0 Å². The topological polar surface area (TPSA) is 152 Å². The van der Waals surface area contributed by atoms with E-state index in [1.54, 1.807) is 6.92 Å². The van der Waals surface area contributed by atoms with E-state index in [1.165, 1.54) is 42.5 Å². The summed E-state index contributed by atoms with van der Waals surface area (Å²) in [6.07, 6.45) is 1.24. The third kappa shape index (κ3) is 6.66. The second kappa shape index (κ2) is 14.9. The lowest BCUT2D eigenvalue weighted by Gasteiger charge is -2.55. The average Bonchev–Trinajstić information content (AvgIpc) is 3.03. The summed E-state index contributed by atoms with van der Waals surface area (Å²) in [6, 6.07) is 8.74. The number of benzene rings is 2. The number of halogens is 4. The van der Waals surface area contributed by atoms with Crippen LogP contribution in [0.15, 0.2) is 47.7 Å². The third-order valence-electron chi connectivity index (χ3n) is 8.61. The number of esters is 5. The Hall–Kier alpha value is -3.61.